The highest BCUT2D eigenvalue weighted by Crippen LogP contribution is 2.24. The van der Waals surface area contributed by atoms with Gasteiger partial charge in [-0.05, 0) is 18.6 Å². The number of thiophene rings is 1. The second kappa shape index (κ2) is 5.55. The molecule has 0 aliphatic rings. The van der Waals surface area contributed by atoms with Crippen molar-refractivity contribution < 1.29 is 9.53 Å². The first kappa shape index (κ1) is 13.1. The summed E-state index contributed by atoms with van der Waals surface area (Å²) >= 11 is 1.30. The molecule has 1 N–H and O–H groups in total. The lowest BCUT2D eigenvalue weighted by Crippen LogP contribution is -2.11. The van der Waals surface area contributed by atoms with Gasteiger partial charge in [0.05, 0.1) is 23.2 Å². The summed E-state index contributed by atoms with van der Waals surface area (Å²) in [6.45, 7) is 1.84. The van der Waals surface area contributed by atoms with Crippen LogP contribution >= 0.6 is 11.3 Å². The first-order valence-corrected chi connectivity index (χ1v) is 6.47. The van der Waals surface area contributed by atoms with E-state index in [0.29, 0.717) is 21.9 Å². The lowest BCUT2D eigenvalue weighted by Gasteiger charge is -2.07. The maximum Gasteiger partial charge on any atom is 0.265 e. The van der Waals surface area contributed by atoms with Gasteiger partial charge < -0.3 is 10.1 Å². The van der Waals surface area contributed by atoms with E-state index in [-0.39, 0.29) is 5.91 Å². The van der Waals surface area contributed by atoms with E-state index >= 15 is 0 Å². The molecule has 96 valence electrons. The highest BCUT2D eigenvalue weighted by molar-refractivity contribution is 7.12. The lowest BCUT2D eigenvalue weighted by atomic mass is 10.1. The van der Waals surface area contributed by atoms with E-state index in [4.69, 9.17) is 10.00 Å². The van der Waals surface area contributed by atoms with Gasteiger partial charge >= 0.3 is 0 Å². The van der Waals surface area contributed by atoms with E-state index in [1.807, 2.05) is 13.0 Å². The fourth-order valence-electron chi connectivity index (χ4n) is 1.65. The minimum absolute atomic E-state index is 0.240. The molecule has 0 spiro atoms. The normalized spacial score (nSPS) is 9.74. The Labute approximate surface area is 115 Å². The number of rotatable bonds is 3. The predicted molar refractivity (Wildman–Crippen MR) is 74.7 cm³/mol. The molecular formula is C14H12N2O2S. The molecule has 0 atom stereocenters. The largest absolute Gasteiger partial charge is 0.496 e. The minimum atomic E-state index is -0.240. The fraction of sp³-hybridized carbons (Fsp3) is 0.143. The Morgan fingerprint density at radius 2 is 2.26 bits per heavy atom. The highest BCUT2D eigenvalue weighted by Gasteiger charge is 2.12. The molecule has 0 radical (unpaired) electrons. The number of carbonyl (C=O) groups is 1. The van der Waals surface area contributed by atoms with Crippen LogP contribution < -0.4 is 10.1 Å². The van der Waals surface area contributed by atoms with Crippen LogP contribution in [0, 0.1) is 18.3 Å². The molecule has 0 fully saturated rings. The van der Waals surface area contributed by atoms with E-state index in [9.17, 15) is 4.79 Å². The van der Waals surface area contributed by atoms with Crippen molar-refractivity contribution in [2.24, 2.45) is 0 Å². The number of aryl methyl sites for hydroxylation is 1. The zero-order chi connectivity index (χ0) is 13.8. The zero-order valence-electron chi connectivity index (χ0n) is 10.6. The van der Waals surface area contributed by atoms with E-state index in [1.54, 1.807) is 30.7 Å². The van der Waals surface area contributed by atoms with Gasteiger partial charge in [-0.25, -0.2) is 0 Å². The number of amides is 1. The van der Waals surface area contributed by atoms with Crippen LogP contribution in [0.2, 0.25) is 0 Å². The Morgan fingerprint density at radius 3 is 2.89 bits per heavy atom. The van der Waals surface area contributed by atoms with Crippen LogP contribution in [0.1, 0.15) is 20.8 Å². The van der Waals surface area contributed by atoms with Crippen LogP contribution in [0.5, 0.6) is 5.75 Å². The number of nitriles is 1. The second-order valence-electron chi connectivity index (χ2n) is 3.91. The highest BCUT2D eigenvalue weighted by atomic mass is 32.1. The summed E-state index contributed by atoms with van der Waals surface area (Å²) in [5.74, 6) is 0.412. The van der Waals surface area contributed by atoms with Crippen LogP contribution in [0.15, 0.2) is 29.6 Å². The summed E-state index contributed by atoms with van der Waals surface area (Å²) in [7, 11) is 1.55. The van der Waals surface area contributed by atoms with Gasteiger partial charge in [0.15, 0.2) is 0 Å². The average Bonchev–Trinajstić information content (AvgIpc) is 2.88. The monoisotopic (exact) mass is 272 g/mol. The quantitative estimate of drug-likeness (QED) is 0.933. The van der Waals surface area contributed by atoms with E-state index in [2.05, 4.69) is 11.4 Å². The molecule has 5 heteroatoms. The summed E-state index contributed by atoms with van der Waals surface area (Å²) in [5, 5.41) is 13.6. The van der Waals surface area contributed by atoms with Gasteiger partial charge in [0, 0.05) is 11.4 Å². The van der Waals surface area contributed by atoms with Crippen molar-refractivity contribution in [3.05, 3.63) is 45.6 Å². The van der Waals surface area contributed by atoms with Gasteiger partial charge in [0.2, 0.25) is 0 Å². The first-order chi connectivity index (χ1) is 9.15. The molecule has 1 aromatic carbocycles. The molecule has 0 unspecified atom stereocenters. The Balaban J connectivity index is 2.24. The van der Waals surface area contributed by atoms with Crippen molar-refractivity contribution in [1.29, 1.82) is 5.26 Å². The van der Waals surface area contributed by atoms with E-state index in [0.717, 1.165) is 5.56 Å². The molecule has 2 rings (SSSR count). The Hall–Kier alpha value is -2.32. The van der Waals surface area contributed by atoms with E-state index < -0.39 is 0 Å². The van der Waals surface area contributed by atoms with Gasteiger partial charge in [-0.2, -0.15) is 5.26 Å². The Bertz CT molecular complexity index is 656. The molecule has 1 amide bonds. The summed E-state index contributed by atoms with van der Waals surface area (Å²) in [6.07, 6.45) is 0. The molecule has 1 heterocycles. The average molecular weight is 272 g/mol. The number of nitrogens with zero attached hydrogens (tertiary/aromatic N) is 1. The molecule has 1 aromatic heterocycles. The predicted octanol–water partition coefficient (Wildman–Crippen LogP) is 3.19. The van der Waals surface area contributed by atoms with E-state index in [1.165, 1.54) is 11.3 Å². The van der Waals surface area contributed by atoms with Crippen LogP contribution in [-0.4, -0.2) is 13.0 Å². The van der Waals surface area contributed by atoms with Crippen molar-refractivity contribution in [3.8, 4) is 11.8 Å². The molecule has 4 nitrogen and oxygen atoms in total. The SMILES string of the molecule is COc1csc(C(=O)Nc2cccc(C)c2C#N)c1. The molecular weight excluding hydrogens is 260 g/mol. The first-order valence-electron chi connectivity index (χ1n) is 5.59. The Kier molecular flexibility index (Phi) is 3.83. The maximum atomic E-state index is 12.1. The van der Waals surface area contributed by atoms with Gasteiger partial charge in [-0.15, -0.1) is 11.3 Å². The summed E-state index contributed by atoms with van der Waals surface area (Å²) < 4.78 is 5.04. The number of benzene rings is 1. The van der Waals surface area contributed by atoms with Gasteiger partial charge in [0.25, 0.3) is 5.91 Å². The number of carbonyl (C=O) groups excluding carboxylic acids is 1. The smallest absolute Gasteiger partial charge is 0.265 e. The van der Waals surface area contributed by atoms with Crippen LogP contribution in [0.3, 0.4) is 0 Å². The number of hydrogen-bond donors (Lipinski definition) is 1. The number of anilines is 1. The lowest BCUT2D eigenvalue weighted by molar-refractivity contribution is 0.103. The summed E-state index contributed by atoms with van der Waals surface area (Å²) in [4.78, 5) is 12.6. The molecule has 0 saturated carbocycles. The second-order valence-corrected chi connectivity index (χ2v) is 4.83. The fourth-order valence-corrected chi connectivity index (χ4v) is 2.40. The van der Waals surface area contributed by atoms with Crippen molar-refractivity contribution in [2.75, 3.05) is 12.4 Å². The van der Waals surface area contributed by atoms with Crippen LogP contribution in [0.4, 0.5) is 5.69 Å². The number of hydrogen-bond acceptors (Lipinski definition) is 4. The topological polar surface area (TPSA) is 62.1 Å². The number of nitrogens with one attached hydrogen (secondary N) is 1. The van der Waals surface area contributed by atoms with Crippen molar-refractivity contribution in [1.82, 2.24) is 0 Å². The molecule has 0 aliphatic carbocycles. The molecule has 2 aromatic rings. The third kappa shape index (κ3) is 2.75. The zero-order valence-corrected chi connectivity index (χ0v) is 11.4. The summed E-state index contributed by atoms with van der Waals surface area (Å²) in [6, 6.07) is 9.13. The standard InChI is InChI=1S/C14H12N2O2S/c1-9-4-3-5-12(11(9)7-15)16-14(17)13-6-10(18-2)8-19-13/h3-6,8H,1-2H3,(H,16,17). The van der Waals surface area contributed by atoms with Crippen molar-refractivity contribution in [2.45, 2.75) is 6.92 Å². The molecule has 0 saturated heterocycles. The van der Waals surface area contributed by atoms with Crippen LogP contribution in [-0.2, 0) is 0 Å². The molecule has 0 aliphatic heterocycles. The molecule has 19 heavy (non-hydrogen) atoms. The third-order valence-corrected chi connectivity index (χ3v) is 3.58. The van der Waals surface area contributed by atoms with Crippen LogP contribution in [0.25, 0.3) is 0 Å². The van der Waals surface area contributed by atoms with Crippen molar-refractivity contribution >= 4 is 22.9 Å². The molecule has 0 bridgehead atoms. The van der Waals surface area contributed by atoms with Crippen molar-refractivity contribution in [3.63, 3.8) is 0 Å². The van der Waals surface area contributed by atoms with Gasteiger partial charge in [-0.3, -0.25) is 4.79 Å². The number of methoxy groups -OCH3 is 1. The van der Waals surface area contributed by atoms with Gasteiger partial charge in [-0.1, -0.05) is 12.1 Å². The third-order valence-electron chi connectivity index (χ3n) is 2.67. The maximum absolute atomic E-state index is 12.1. The summed E-state index contributed by atoms with van der Waals surface area (Å²) in [5.41, 5.74) is 1.85. The van der Waals surface area contributed by atoms with Gasteiger partial charge in [0.1, 0.15) is 11.8 Å². The number of ether oxygens (including phenoxy) is 1. The Morgan fingerprint density at radius 1 is 1.47 bits per heavy atom. The minimum Gasteiger partial charge on any atom is -0.496 e.